The zero-order valence-corrected chi connectivity index (χ0v) is 18.7. The van der Waals surface area contributed by atoms with Crippen LogP contribution in [0.25, 0.3) is 0 Å². The van der Waals surface area contributed by atoms with Gasteiger partial charge in [0.15, 0.2) is 12.4 Å². The molecule has 1 fully saturated rings. The van der Waals surface area contributed by atoms with Crippen LogP contribution in [0.15, 0.2) is 60.7 Å². The van der Waals surface area contributed by atoms with E-state index in [1.165, 1.54) is 0 Å². The molecule has 32 heavy (non-hydrogen) atoms. The molecule has 0 radical (unpaired) electrons. The Kier molecular flexibility index (Phi) is 8.39. The van der Waals surface area contributed by atoms with E-state index in [1.54, 1.807) is 20.8 Å². The summed E-state index contributed by atoms with van der Waals surface area (Å²) in [5.74, 6) is -0.462. The fourth-order valence-corrected chi connectivity index (χ4v) is 3.39. The first-order valence-corrected chi connectivity index (χ1v) is 10.8. The number of aliphatic hydroxyl groups excluding tert-OH is 2. The van der Waals surface area contributed by atoms with Gasteiger partial charge >= 0.3 is 5.97 Å². The summed E-state index contributed by atoms with van der Waals surface area (Å²) >= 11 is 0. The van der Waals surface area contributed by atoms with Gasteiger partial charge in [0, 0.05) is 0 Å². The predicted molar refractivity (Wildman–Crippen MR) is 117 cm³/mol. The number of aliphatic hydroxyl groups is 2. The molecule has 1 saturated heterocycles. The third-order valence-corrected chi connectivity index (χ3v) is 5.22. The molecule has 0 bridgehead atoms. The number of benzene rings is 2. The highest BCUT2D eigenvalue weighted by molar-refractivity contribution is 5.75. The van der Waals surface area contributed by atoms with E-state index in [4.69, 9.17) is 18.9 Å². The van der Waals surface area contributed by atoms with Gasteiger partial charge in [0.2, 0.25) is 0 Å². The Morgan fingerprint density at radius 1 is 0.875 bits per heavy atom. The van der Waals surface area contributed by atoms with Gasteiger partial charge in [-0.3, -0.25) is 4.79 Å². The maximum absolute atomic E-state index is 12.7. The Bertz CT molecular complexity index is 834. The van der Waals surface area contributed by atoms with E-state index in [-0.39, 0.29) is 13.2 Å². The van der Waals surface area contributed by atoms with Crippen LogP contribution >= 0.6 is 0 Å². The molecular weight excluding hydrogens is 412 g/mol. The summed E-state index contributed by atoms with van der Waals surface area (Å²) in [5, 5.41) is 20.5. The van der Waals surface area contributed by atoms with Crippen molar-refractivity contribution in [1.29, 1.82) is 0 Å². The molecule has 5 atom stereocenters. The van der Waals surface area contributed by atoms with Gasteiger partial charge in [-0.15, -0.1) is 0 Å². The van der Waals surface area contributed by atoms with E-state index in [1.807, 2.05) is 60.7 Å². The summed E-state index contributed by atoms with van der Waals surface area (Å²) in [7, 11) is 0. The zero-order valence-electron chi connectivity index (χ0n) is 18.7. The maximum atomic E-state index is 12.7. The summed E-state index contributed by atoms with van der Waals surface area (Å²) in [5.41, 5.74) is 1.06. The second-order valence-corrected chi connectivity index (χ2v) is 8.89. The standard InChI is InChI=1S/C25H32O7/c1-25(2,3)24(28)32-20-19(14-26)31-23(27)22(30-16-18-12-8-5-9-13-18)21(20)29-15-17-10-6-4-7-11-17/h4-13,19-23,26-27H,14-16H2,1-3H3/t19-,20-,21+,22-,23?/m1/s1. The third-order valence-electron chi connectivity index (χ3n) is 5.22. The van der Waals surface area contributed by atoms with Crippen LogP contribution in [0.3, 0.4) is 0 Å². The molecule has 7 heteroatoms. The van der Waals surface area contributed by atoms with Crippen LogP contribution < -0.4 is 0 Å². The normalized spacial score (nSPS) is 26.0. The van der Waals surface area contributed by atoms with Crippen LogP contribution in [0.4, 0.5) is 0 Å². The molecule has 3 rings (SSSR count). The van der Waals surface area contributed by atoms with Crippen molar-refractivity contribution in [3.63, 3.8) is 0 Å². The van der Waals surface area contributed by atoms with Crippen LogP contribution in [0.2, 0.25) is 0 Å². The number of hydrogen-bond donors (Lipinski definition) is 2. The molecule has 0 aromatic heterocycles. The lowest BCUT2D eigenvalue weighted by atomic mass is 9.95. The average molecular weight is 445 g/mol. The van der Waals surface area contributed by atoms with Crippen molar-refractivity contribution in [2.24, 2.45) is 5.41 Å². The first kappa shape index (κ1) is 24.4. The highest BCUT2D eigenvalue weighted by atomic mass is 16.7. The molecular formula is C25H32O7. The number of ether oxygens (including phenoxy) is 4. The van der Waals surface area contributed by atoms with Gasteiger partial charge in [0.05, 0.1) is 25.2 Å². The SMILES string of the molecule is CC(C)(C)C(=O)O[C@H]1[C@H](OCc2ccccc2)[C@@H](OCc2ccccc2)C(O)O[C@@H]1CO. The van der Waals surface area contributed by atoms with Crippen LogP contribution in [0.1, 0.15) is 31.9 Å². The van der Waals surface area contributed by atoms with Gasteiger partial charge < -0.3 is 29.2 Å². The number of rotatable bonds is 8. The number of esters is 1. The summed E-state index contributed by atoms with van der Waals surface area (Å²) < 4.78 is 23.5. The molecule has 2 N–H and O–H groups in total. The Morgan fingerprint density at radius 3 is 1.84 bits per heavy atom. The fraction of sp³-hybridized carbons (Fsp3) is 0.480. The van der Waals surface area contributed by atoms with Crippen LogP contribution in [-0.2, 0) is 37.0 Å². The molecule has 1 aliphatic rings. The van der Waals surface area contributed by atoms with Crippen molar-refractivity contribution < 1.29 is 34.0 Å². The molecule has 0 spiro atoms. The van der Waals surface area contributed by atoms with E-state index in [2.05, 4.69) is 0 Å². The third kappa shape index (κ3) is 6.37. The van der Waals surface area contributed by atoms with Gasteiger partial charge in [-0.1, -0.05) is 60.7 Å². The predicted octanol–water partition coefficient (Wildman–Crippen LogP) is 2.82. The summed E-state index contributed by atoms with van der Waals surface area (Å²) in [6.45, 7) is 5.20. The number of carbonyl (C=O) groups is 1. The van der Waals surface area contributed by atoms with Gasteiger partial charge in [-0.2, -0.15) is 0 Å². The van der Waals surface area contributed by atoms with E-state index in [9.17, 15) is 15.0 Å². The smallest absolute Gasteiger partial charge is 0.311 e. The zero-order chi connectivity index (χ0) is 23.1. The minimum Gasteiger partial charge on any atom is -0.456 e. The minimum absolute atomic E-state index is 0.209. The molecule has 1 unspecified atom stereocenters. The molecule has 174 valence electrons. The first-order chi connectivity index (χ1) is 15.3. The highest BCUT2D eigenvalue weighted by Crippen LogP contribution is 2.30. The van der Waals surface area contributed by atoms with Crippen LogP contribution in [0.5, 0.6) is 0 Å². The van der Waals surface area contributed by atoms with Crippen molar-refractivity contribution in [3.8, 4) is 0 Å². The van der Waals surface area contributed by atoms with Gasteiger partial charge in [-0.05, 0) is 31.9 Å². The lowest BCUT2D eigenvalue weighted by molar-refractivity contribution is -0.310. The van der Waals surface area contributed by atoms with Crippen molar-refractivity contribution in [3.05, 3.63) is 71.8 Å². The summed E-state index contributed by atoms with van der Waals surface area (Å²) in [6.07, 6.45) is -5.06. The summed E-state index contributed by atoms with van der Waals surface area (Å²) in [6, 6.07) is 19.0. The molecule has 0 saturated carbocycles. The Morgan fingerprint density at radius 2 is 1.38 bits per heavy atom. The Labute approximate surface area is 188 Å². The Balaban J connectivity index is 1.84. The van der Waals surface area contributed by atoms with E-state index >= 15 is 0 Å². The monoisotopic (exact) mass is 444 g/mol. The first-order valence-electron chi connectivity index (χ1n) is 10.8. The molecule has 2 aromatic carbocycles. The molecule has 2 aromatic rings. The van der Waals surface area contributed by atoms with Gasteiger partial charge in [0.25, 0.3) is 0 Å². The van der Waals surface area contributed by atoms with Crippen LogP contribution in [0, 0.1) is 5.41 Å². The molecule has 7 nitrogen and oxygen atoms in total. The molecule has 0 aliphatic carbocycles. The maximum Gasteiger partial charge on any atom is 0.311 e. The van der Waals surface area contributed by atoms with E-state index < -0.39 is 48.7 Å². The average Bonchev–Trinajstić information content (AvgIpc) is 2.78. The lowest BCUT2D eigenvalue weighted by Gasteiger charge is -2.44. The van der Waals surface area contributed by atoms with Crippen LogP contribution in [-0.4, -0.2) is 53.5 Å². The fourth-order valence-electron chi connectivity index (χ4n) is 3.39. The number of carbonyl (C=O) groups excluding carboxylic acids is 1. The topological polar surface area (TPSA) is 94.5 Å². The minimum atomic E-state index is -1.36. The quantitative estimate of drug-likeness (QED) is 0.605. The second kappa shape index (κ2) is 11.0. The van der Waals surface area contributed by atoms with Gasteiger partial charge in [-0.25, -0.2) is 0 Å². The Hall–Kier alpha value is -2.29. The van der Waals surface area contributed by atoms with E-state index in [0.717, 1.165) is 11.1 Å². The summed E-state index contributed by atoms with van der Waals surface area (Å²) in [4.78, 5) is 12.7. The van der Waals surface area contributed by atoms with Crippen molar-refractivity contribution >= 4 is 5.97 Å². The molecule has 1 heterocycles. The van der Waals surface area contributed by atoms with E-state index in [0.29, 0.717) is 0 Å². The van der Waals surface area contributed by atoms with Crippen molar-refractivity contribution in [1.82, 2.24) is 0 Å². The van der Waals surface area contributed by atoms with Crippen molar-refractivity contribution in [2.45, 2.75) is 64.7 Å². The second-order valence-electron chi connectivity index (χ2n) is 8.89. The number of hydrogen-bond acceptors (Lipinski definition) is 7. The lowest BCUT2D eigenvalue weighted by Crippen LogP contribution is -2.61. The van der Waals surface area contributed by atoms with Crippen molar-refractivity contribution in [2.75, 3.05) is 6.61 Å². The van der Waals surface area contributed by atoms with Gasteiger partial charge in [0.1, 0.15) is 18.3 Å². The molecule has 0 amide bonds. The highest BCUT2D eigenvalue weighted by Gasteiger charge is 2.49. The largest absolute Gasteiger partial charge is 0.456 e. The molecule has 1 aliphatic heterocycles.